The summed E-state index contributed by atoms with van der Waals surface area (Å²) in [7, 11) is -4.93. The van der Waals surface area contributed by atoms with Crippen LogP contribution >= 0.6 is 0 Å². The standard InChI is InChI=1S/C20H25F3O9S/c1-19(2,3)18(24)31-15-14(32-33(25,26)20(21,22)23)13-12(29-17(15)27-4)10-28-16(30-13)11-8-6-5-7-9-11/h5-9,12-17H,10H2,1-4H3/t12-,13-,14+,15-,16-,17+/m1/s1. The number of rotatable bonds is 5. The first kappa shape index (κ1) is 25.8. The molecule has 0 amide bonds. The number of hydrogen-bond donors (Lipinski definition) is 0. The van der Waals surface area contributed by atoms with Gasteiger partial charge in [0.05, 0.1) is 12.0 Å². The van der Waals surface area contributed by atoms with Crippen molar-refractivity contribution in [3.63, 3.8) is 0 Å². The maximum absolute atomic E-state index is 13.2. The summed E-state index contributed by atoms with van der Waals surface area (Å²) in [5, 5.41) is 0. The molecule has 0 aromatic heterocycles. The van der Waals surface area contributed by atoms with Gasteiger partial charge >= 0.3 is 21.6 Å². The zero-order valence-corrected chi connectivity index (χ0v) is 19.1. The highest BCUT2D eigenvalue weighted by Gasteiger charge is 2.58. The molecule has 0 spiro atoms. The van der Waals surface area contributed by atoms with Gasteiger partial charge in [0.25, 0.3) is 0 Å². The van der Waals surface area contributed by atoms with Gasteiger partial charge in [-0.25, -0.2) is 0 Å². The molecule has 0 bridgehead atoms. The summed E-state index contributed by atoms with van der Waals surface area (Å²) in [6.45, 7) is 4.38. The summed E-state index contributed by atoms with van der Waals surface area (Å²) in [6.07, 6.45) is -8.56. The number of esters is 1. The second-order valence-corrected chi connectivity index (χ2v) is 10.1. The number of fused-ring (bicyclic) bond motifs is 1. The Hall–Kier alpha value is -1.77. The van der Waals surface area contributed by atoms with E-state index in [2.05, 4.69) is 4.18 Å². The van der Waals surface area contributed by atoms with Gasteiger partial charge in [0.15, 0.2) is 18.7 Å². The Kier molecular flexibility index (Phi) is 7.42. The minimum atomic E-state index is -6.09. The number of carbonyl (C=O) groups excluding carboxylic acids is 1. The highest BCUT2D eigenvalue weighted by atomic mass is 32.2. The molecule has 0 N–H and O–H groups in total. The zero-order valence-electron chi connectivity index (χ0n) is 18.3. The van der Waals surface area contributed by atoms with Crippen molar-refractivity contribution >= 4 is 16.1 Å². The zero-order chi connectivity index (χ0) is 24.6. The van der Waals surface area contributed by atoms with E-state index in [1.807, 2.05) is 0 Å². The quantitative estimate of drug-likeness (QED) is 0.344. The largest absolute Gasteiger partial charge is 0.523 e. The van der Waals surface area contributed by atoms with Gasteiger partial charge in [-0.1, -0.05) is 30.3 Å². The Morgan fingerprint density at radius 3 is 2.24 bits per heavy atom. The van der Waals surface area contributed by atoms with Crippen LogP contribution < -0.4 is 0 Å². The van der Waals surface area contributed by atoms with Gasteiger partial charge in [0.1, 0.15) is 18.3 Å². The Morgan fingerprint density at radius 2 is 1.70 bits per heavy atom. The normalized spacial score (nSPS) is 31.0. The molecule has 0 unspecified atom stereocenters. The summed E-state index contributed by atoms with van der Waals surface area (Å²) in [5.74, 6) is -0.832. The number of alkyl halides is 3. The molecule has 0 saturated carbocycles. The number of carbonyl (C=O) groups is 1. The van der Waals surface area contributed by atoms with Crippen molar-refractivity contribution < 1.29 is 54.3 Å². The monoisotopic (exact) mass is 498 g/mol. The van der Waals surface area contributed by atoms with E-state index in [0.29, 0.717) is 5.56 Å². The topological polar surface area (TPSA) is 107 Å². The highest BCUT2D eigenvalue weighted by molar-refractivity contribution is 7.87. The van der Waals surface area contributed by atoms with E-state index in [9.17, 15) is 26.4 Å². The van der Waals surface area contributed by atoms with Gasteiger partial charge in [0.2, 0.25) is 0 Å². The second-order valence-electron chi connectivity index (χ2n) is 8.54. The lowest BCUT2D eigenvalue weighted by Crippen LogP contribution is -2.64. The fraction of sp³-hybridized carbons (Fsp3) is 0.650. The second kappa shape index (κ2) is 9.47. The minimum absolute atomic E-state index is 0.171. The van der Waals surface area contributed by atoms with Crippen LogP contribution in [0, 0.1) is 5.41 Å². The molecule has 186 valence electrons. The molecule has 2 aliphatic heterocycles. The number of ether oxygens (including phenoxy) is 5. The number of hydrogen-bond acceptors (Lipinski definition) is 9. The van der Waals surface area contributed by atoms with Crippen LogP contribution in [0.3, 0.4) is 0 Å². The van der Waals surface area contributed by atoms with E-state index in [1.165, 1.54) is 20.8 Å². The van der Waals surface area contributed by atoms with E-state index in [4.69, 9.17) is 23.7 Å². The number of benzene rings is 1. The third-order valence-corrected chi connectivity index (χ3v) is 6.01. The lowest BCUT2D eigenvalue weighted by molar-refractivity contribution is -0.356. The predicted molar refractivity (Wildman–Crippen MR) is 105 cm³/mol. The molecule has 3 rings (SSSR count). The van der Waals surface area contributed by atoms with Gasteiger partial charge < -0.3 is 23.7 Å². The molecule has 2 aliphatic rings. The summed E-state index contributed by atoms with van der Waals surface area (Å²) in [5.41, 5.74) is -6.25. The third kappa shape index (κ3) is 5.66. The van der Waals surface area contributed by atoms with Crippen LogP contribution in [0.1, 0.15) is 32.6 Å². The average Bonchev–Trinajstić information content (AvgIpc) is 2.73. The van der Waals surface area contributed by atoms with Gasteiger partial charge in [-0.3, -0.25) is 8.98 Å². The summed E-state index contributed by atoms with van der Waals surface area (Å²) >= 11 is 0. The lowest BCUT2D eigenvalue weighted by Gasteiger charge is -2.48. The SMILES string of the molecule is CO[C@H]1O[C@@H]2CO[C@@H](c3ccccc3)O[C@H]2[C@H](OS(=O)(=O)C(F)(F)F)[C@H]1OC(=O)C(C)(C)C. The van der Waals surface area contributed by atoms with Crippen LogP contribution in [-0.2, 0) is 42.8 Å². The maximum Gasteiger partial charge on any atom is 0.523 e. The van der Waals surface area contributed by atoms with Crippen molar-refractivity contribution in [1.82, 2.24) is 0 Å². The molecular formula is C20H25F3O9S. The Balaban J connectivity index is 1.99. The van der Waals surface area contributed by atoms with Crippen LogP contribution in [0.2, 0.25) is 0 Å². The van der Waals surface area contributed by atoms with Crippen LogP contribution in [0.4, 0.5) is 13.2 Å². The van der Waals surface area contributed by atoms with Crippen LogP contribution in [0.25, 0.3) is 0 Å². The molecule has 2 heterocycles. The van der Waals surface area contributed by atoms with Gasteiger partial charge in [-0.2, -0.15) is 21.6 Å². The highest BCUT2D eigenvalue weighted by Crippen LogP contribution is 2.39. The van der Waals surface area contributed by atoms with E-state index in [0.717, 1.165) is 7.11 Å². The summed E-state index contributed by atoms with van der Waals surface area (Å²) in [6, 6.07) is 8.45. The Morgan fingerprint density at radius 1 is 1.06 bits per heavy atom. The van der Waals surface area contributed by atoms with Crippen molar-refractivity contribution in [2.24, 2.45) is 5.41 Å². The summed E-state index contributed by atoms with van der Waals surface area (Å²) < 4.78 is 95.5. The molecular weight excluding hydrogens is 473 g/mol. The van der Waals surface area contributed by atoms with Gasteiger partial charge in [0, 0.05) is 12.7 Å². The molecule has 13 heteroatoms. The van der Waals surface area contributed by atoms with Crippen molar-refractivity contribution in [2.75, 3.05) is 13.7 Å². The van der Waals surface area contributed by atoms with Crippen LogP contribution in [0.15, 0.2) is 30.3 Å². The molecule has 9 nitrogen and oxygen atoms in total. The fourth-order valence-corrected chi connectivity index (χ4v) is 3.87. The molecule has 0 aliphatic carbocycles. The minimum Gasteiger partial charge on any atom is -0.454 e. The fourth-order valence-electron chi connectivity index (χ4n) is 3.25. The molecule has 6 atom stereocenters. The average molecular weight is 498 g/mol. The van der Waals surface area contributed by atoms with E-state index < -0.39 is 64.0 Å². The Bertz CT molecular complexity index is 930. The van der Waals surface area contributed by atoms with Crippen molar-refractivity contribution in [1.29, 1.82) is 0 Å². The van der Waals surface area contributed by atoms with Crippen molar-refractivity contribution in [3.05, 3.63) is 35.9 Å². The first-order chi connectivity index (χ1) is 15.2. The van der Waals surface area contributed by atoms with E-state index >= 15 is 0 Å². The third-order valence-electron chi connectivity index (χ3n) is 4.96. The van der Waals surface area contributed by atoms with E-state index in [-0.39, 0.29) is 6.61 Å². The number of methoxy groups -OCH3 is 1. The van der Waals surface area contributed by atoms with Crippen molar-refractivity contribution in [3.8, 4) is 0 Å². The first-order valence-corrected chi connectivity index (χ1v) is 11.4. The maximum atomic E-state index is 13.2. The molecule has 33 heavy (non-hydrogen) atoms. The molecule has 1 aromatic carbocycles. The smallest absolute Gasteiger partial charge is 0.454 e. The Labute approximate surface area is 189 Å². The molecule has 0 radical (unpaired) electrons. The first-order valence-electron chi connectivity index (χ1n) is 9.95. The van der Waals surface area contributed by atoms with Crippen LogP contribution in [0.5, 0.6) is 0 Å². The number of halogens is 3. The predicted octanol–water partition coefficient (Wildman–Crippen LogP) is 2.66. The van der Waals surface area contributed by atoms with E-state index in [1.54, 1.807) is 30.3 Å². The molecule has 2 fully saturated rings. The lowest BCUT2D eigenvalue weighted by atomic mass is 9.95. The summed E-state index contributed by atoms with van der Waals surface area (Å²) in [4.78, 5) is 12.5. The van der Waals surface area contributed by atoms with Crippen molar-refractivity contribution in [2.45, 2.75) is 63.3 Å². The van der Waals surface area contributed by atoms with Gasteiger partial charge in [-0.15, -0.1) is 0 Å². The molecule has 1 aromatic rings. The molecule has 2 saturated heterocycles. The van der Waals surface area contributed by atoms with Crippen LogP contribution in [-0.4, -0.2) is 64.3 Å². The van der Waals surface area contributed by atoms with Gasteiger partial charge in [-0.05, 0) is 20.8 Å².